The molecule has 0 fully saturated rings. The monoisotopic (exact) mass is 292 g/mol. The number of nitrogens with one attached hydrogen (secondary N) is 1. The lowest BCUT2D eigenvalue weighted by atomic mass is 10.1. The van der Waals surface area contributed by atoms with Crippen molar-refractivity contribution in [2.45, 2.75) is 13.0 Å². The molecule has 2 aromatic rings. The molecule has 2 unspecified atom stereocenters. The maximum atomic E-state index is 11.3. The number of pyridine rings is 1. The third kappa shape index (κ3) is 2.56. The number of ether oxygens (including phenoxy) is 2. The van der Waals surface area contributed by atoms with Crippen molar-refractivity contribution in [2.24, 2.45) is 0 Å². The van der Waals surface area contributed by atoms with Crippen molar-refractivity contribution in [3.63, 3.8) is 0 Å². The van der Waals surface area contributed by atoms with E-state index in [1.807, 2.05) is 25.1 Å². The van der Waals surface area contributed by atoms with Gasteiger partial charge in [-0.25, -0.2) is 4.98 Å². The van der Waals surface area contributed by atoms with Crippen LogP contribution in [0.25, 0.3) is 10.8 Å². The highest BCUT2D eigenvalue weighted by atomic mass is 32.2. The highest BCUT2D eigenvalue weighted by Gasteiger charge is 2.16. The molecule has 0 radical (unpaired) electrons. The summed E-state index contributed by atoms with van der Waals surface area (Å²) in [6, 6.07) is 5.91. The molecule has 1 aliphatic heterocycles. The molecular formula is C14H16N2O3S. The van der Waals surface area contributed by atoms with Crippen molar-refractivity contribution in [3.8, 4) is 11.5 Å². The number of hydrogen-bond donors (Lipinski definition) is 1. The Labute approximate surface area is 119 Å². The zero-order chi connectivity index (χ0) is 14.1. The molecule has 6 heteroatoms. The minimum Gasteiger partial charge on any atom is -0.454 e. The van der Waals surface area contributed by atoms with Crippen LogP contribution in [-0.2, 0) is 10.8 Å². The van der Waals surface area contributed by atoms with Crippen molar-refractivity contribution >= 4 is 27.4 Å². The molecule has 0 bridgehead atoms. The average Bonchev–Trinajstić information content (AvgIpc) is 2.82. The lowest BCUT2D eigenvalue weighted by molar-refractivity contribution is 0.174. The second-order valence-corrected chi connectivity index (χ2v) is 6.35. The first-order valence-corrected chi connectivity index (χ1v) is 8.11. The van der Waals surface area contributed by atoms with E-state index >= 15 is 0 Å². The van der Waals surface area contributed by atoms with Crippen LogP contribution in [0.4, 0.5) is 5.82 Å². The van der Waals surface area contributed by atoms with Crippen LogP contribution >= 0.6 is 0 Å². The Morgan fingerprint density at radius 1 is 1.40 bits per heavy atom. The van der Waals surface area contributed by atoms with Gasteiger partial charge >= 0.3 is 0 Å². The summed E-state index contributed by atoms with van der Waals surface area (Å²) in [5.74, 6) is 2.86. The molecule has 1 aromatic heterocycles. The lowest BCUT2D eigenvalue weighted by Gasteiger charge is -2.15. The zero-order valence-corrected chi connectivity index (χ0v) is 12.2. The van der Waals surface area contributed by atoms with E-state index in [1.165, 1.54) is 0 Å². The number of hydrogen-bond acceptors (Lipinski definition) is 5. The Hall–Kier alpha value is -1.82. The van der Waals surface area contributed by atoms with Gasteiger partial charge in [-0.3, -0.25) is 4.21 Å². The smallest absolute Gasteiger partial charge is 0.231 e. The Bertz CT molecular complexity index is 675. The van der Waals surface area contributed by atoms with E-state index in [-0.39, 0.29) is 12.8 Å². The highest BCUT2D eigenvalue weighted by Crippen LogP contribution is 2.37. The summed E-state index contributed by atoms with van der Waals surface area (Å²) >= 11 is 0. The van der Waals surface area contributed by atoms with Gasteiger partial charge in [-0.2, -0.15) is 0 Å². The number of nitrogens with zero attached hydrogens (tertiary/aromatic N) is 1. The number of benzene rings is 1. The van der Waals surface area contributed by atoms with Gasteiger partial charge in [-0.1, -0.05) is 0 Å². The van der Waals surface area contributed by atoms with E-state index in [9.17, 15) is 4.21 Å². The molecule has 2 heterocycles. The van der Waals surface area contributed by atoms with Gasteiger partial charge in [0, 0.05) is 40.4 Å². The zero-order valence-electron chi connectivity index (χ0n) is 11.4. The largest absolute Gasteiger partial charge is 0.454 e. The summed E-state index contributed by atoms with van der Waals surface area (Å²) in [5, 5.41) is 5.32. The normalized spacial score (nSPS) is 16.1. The molecule has 20 heavy (non-hydrogen) atoms. The molecule has 106 valence electrons. The number of aromatic nitrogens is 1. The van der Waals surface area contributed by atoms with E-state index in [2.05, 4.69) is 10.3 Å². The molecule has 0 spiro atoms. The maximum Gasteiger partial charge on any atom is 0.231 e. The van der Waals surface area contributed by atoms with E-state index in [0.29, 0.717) is 5.75 Å². The van der Waals surface area contributed by atoms with Gasteiger partial charge in [0.1, 0.15) is 5.82 Å². The molecule has 1 aromatic carbocycles. The molecule has 5 nitrogen and oxygen atoms in total. The Kier molecular flexibility index (Phi) is 3.48. The Morgan fingerprint density at radius 2 is 2.15 bits per heavy atom. The third-order valence-electron chi connectivity index (χ3n) is 3.13. The van der Waals surface area contributed by atoms with Crippen LogP contribution in [0.3, 0.4) is 0 Å². The predicted molar refractivity (Wildman–Crippen MR) is 79.9 cm³/mol. The van der Waals surface area contributed by atoms with Crippen molar-refractivity contribution in [3.05, 3.63) is 24.4 Å². The van der Waals surface area contributed by atoms with Gasteiger partial charge < -0.3 is 14.8 Å². The van der Waals surface area contributed by atoms with Gasteiger partial charge in [0.15, 0.2) is 11.5 Å². The van der Waals surface area contributed by atoms with Crippen molar-refractivity contribution in [1.29, 1.82) is 0 Å². The number of anilines is 1. The second kappa shape index (κ2) is 5.28. The first kappa shape index (κ1) is 13.2. The van der Waals surface area contributed by atoms with Crippen LogP contribution in [0.5, 0.6) is 11.5 Å². The number of rotatable bonds is 4. The van der Waals surface area contributed by atoms with Gasteiger partial charge in [0.05, 0.1) is 0 Å². The van der Waals surface area contributed by atoms with Crippen LogP contribution in [0.15, 0.2) is 24.4 Å². The molecule has 0 amide bonds. The Balaban J connectivity index is 1.96. The first-order chi connectivity index (χ1) is 9.63. The molecular weight excluding hydrogens is 276 g/mol. The molecule has 0 aliphatic carbocycles. The van der Waals surface area contributed by atoms with E-state index in [1.54, 1.807) is 12.5 Å². The van der Waals surface area contributed by atoms with E-state index < -0.39 is 10.8 Å². The quantitative estimate of drug-likeness (QED) is 0.935. The van der Waals surface area contributed by atoms with Crippen LogP contribution < -0.4 is 14.8 Å². The van der Waals surface area contributed by atoms with Crippen LogP contribution in [-0.4, -0.2) is 34.0 Å². The minimum atomic E-state index is -0.838. The molecule has 1 aliphatic rings. The minimum absolute atomic E-state index is 0.0874. The highest BCUT2D eigenvalue weighted by molar-refractivity contribution is 7.84. The summed E-state index contributed by atoms with van der Waals surface area (Å²) in [4.78, 5) is 4.37. The average molecular weight is 292 g/mol. The SMILES string of the molecule is CC(CS(C)=O)Nc1nccc2cc3c(cc12)OCO3. The fourth-order valence-electron chi connectivity index (χ4n) is 2.30. The topological polar surface area (TPSA) is 60.5 Å². The summed E-state index contributed by atoms with van der Waals surface area (Å²) in [6.45, 7) is 2.25. The fourth-order valence-corrected chi connectivity index (χ4v) is 3.09. The third-order valence-corrected chi connectivity index (χ3v) is 4.09. The van der Waals surface area contributed by atoms with Crippen molar-refractivity contribution in [2.75, 3.05) is 24.1 Å². The molecule has 0 saturated heterocycles. The Morgan fingerprint density at radius 3 is 2.90 bits per heavy atom. The molecule has 3 rings (SSSR count). The van der Waals surface area contributed by atoms with E-state index in [4.69, 9.17) is 9.47 Å². The first-order valence-electron chi connectivity index (χ1n) is 6.38. The predicted octanol–water partition coefficient (Wildman–Crippen LogP) is 2.14. The van der Waals surface area contributed by atoms with Crippen LogP contribution in [0.1, 0.15) is 6.92 Å². The van der Waals surface area contributed by atoms with Gasteiger partial charge in [-0.05, 0) is 30.5 Å². The van der Waals surface area contributed by atoms with Gasteiger partial charge in [0.25, 0.3) is 0 Å². The van der Waals surface area contributed by atoms with Crippen molar-refractivity contribution < 1.29 is 13.7 Å². The molecule has 0 saturated carbocycles. The lowest BCUT2D eigenvalue weighted by Crippen LogP contribution is -2.22. The summed E-state index contributed by atoms with van der Waals surface area (Å²) in [7, 11) is -0.838. The standard InChI is InChI=1S/C14H16N2O3S/c1-9(7-20(2)17)16-14-11-6-13-12(18-8-19-13)5-10(11)3-4-15-14/h3-6,9H,7-8H2,1-2H3,(H,15,16). The van der Waals surface area contributed by atoms with Gasteiger partial charge in [0.2, 0.25) is 6.79 Å². The van der Waals surface area contributed by atoms with Crippen molar-refractivity contribution in [1.82, 2.24) is 4.98 Å². The van der Waals surface area contributed by atoms with Crippen LogP contribution in [0.2, 0.25) is 0 Å². The summed E-state index contributed by atoms with van der Waals surface area (Å²) in [5.41, 5.74) is 0. The summed E-state index contributed by atoms with van der Waals surface area (Å²) < 4.78 is 22.1. The summed E-state index contributed by atoms with van der Waals surface area (Å²) in [6.07, 6.45) is 3.45. The molecule has 1 N–H and O–H groups in total. The molecule has 2 atom stereocenters. The van der Waals surface area contributed by atoms with Gasteiger partial charge in [-0.15, -0.1) is 0 Å². The second-order valence-electron chi connectivity index (χ2n) is 4.87. The van der Waals surface area contributed by atoms with E-state index in [0.717, 1.165) is 28.1 Å². The maximum absolute atomic E-state index is 11.3. The number of fused-ring (bicyclic) bond motifs is 2. The van der Waals surface area contributed by atoms with Crippen LogP contribution in [0, 0.1) is 0 Å². The fraction of sp³-hybridized carbons (Fsp3) is 0.357.